The Bertz CT molecular complexity index is 472. The standard InChI is InChI=1S/C17H29NOSi/c1-9-14-10-11-16(15(12-14)13-18(5)6)19-20(7,8)17(2,3)4/h9-12H,1,13H2,2-8H3. The van der Waals surface area contributed by atoms with Gasteiger partial charge in [0.15, 0.2) is 0 Å². The van der Waals surface area contributed by atoms with Crippen LogP contribution in [0.1, 0.15) is 31.9 Å². The third kappa shape index (κ3) is 4.22. The zero-order valence-electron chi connectivity index (χ0n) is 14.1. The average Bonchev–Trinajstić information content (AvgIpc) is 2.29. The molecule has 20 heavy (non-hydrogen) atoms. The Kier molecular flexibility index (Phi) is 5.22. The van der Waals surface area contributed by atoms with Crippen molar-refractivity contribution in [3.05, 3.63) is 35.9 Å². The highest BCUT2D eigenvalue weighted by Crippen LogP contribution is 2.38. The lowest BCUT2D eigenvalue weighted by atomic mass is 10.1. The van der Waals surface area contributed by atoms with Gasteiger partial charge in [0.1, 0.15) is 5.75 Å². The maximum absolute atomic E-state index is 6.48. The van der Waals surface area contributed by atoms with Crippen LogP contribution in [0.25, 0.3) is 6.08 Å². The van der Waals surface area contributed by atoms with Gasteiger partial charge in [-0.2, -0.15) is 0 Å². The molecule has 0 unspecified atom stereocenters. The Morgan fingerprint density at radius 2 is 1.85 bits per heavy atom. The molecule has 0 radical (unpaired) electrons. The molecule has 112 valence electrons. The predicted molar refractivity (Wildman–Crippen MR) is 91.7 cm³/mol. The molecular weight excluding hydrogens is 262 g/mol. The molecule has 0 aromatic heterocycles. The lowest BCUT2D eigenvalue weighted by Crippen LogP contribution is -2.44. The molecule has 0 spiro atoms. The van der Waals surface area contributed by atoms with E-state index in [-0.39, 0.29) is 5.04 Å². The van der Waals surface area contributed by atoms with E-state index in [1.54, 1.807) is 0 Å². The highest BCUT2D eigenvalue weighted by Gasteiger charge is 2.39. The van der Waals surface area contributed by atoms with Crippen molar-refractivity contribution in [2.24, 2.45) is 0 Å². The van der Waals surface area contributed by atoms with E-state index in [9.17, 15) is 0 Å². The van der Waals surface area contributed by atoms with Gasteiger partial charge < -0.3 is 9.33 Å². The van der Waals surface area contributed by atoms with Crippen LogP contribution in [-0.4, -0.2) is 27.3 Å². The van der Waals surface area contributed by atoms with Gasteiger partial charge in [0.25, 0.3) is 0 Å². The monoisotopic (exact) mass is 291 g/mol. The molecule has 0 saturated carbocycles. The minimum Gasteiger partial charge on any atom is -0.543 e. The number of nitrogens with zero attached hydrogens (tertiary/aromatic N) is 1. The molecule has 2 nitrogen and oxygen atoms in total. The summed E-state index contributed by atoms with van der Waals surface area (Å²) in [5.74, 6) is 1.02. The first kappa shape index (κ1) is 17.0. The van der Waals surface area contributed by atoms with Gasteiger partial charge in [-0.3, -0.25) is 0 Å². The van der Waals surface area contributed by atoms with E-state index >= 15 is 0 Å². The molecule has 0 heterocycles. The zero-order chi connectivity index (χ0) is 15.6. The topological polar surface area (TPSA) is 12.5 Å². The van der Waals surface area contributed by atoms with E-state index < -0.39 is 8.32 Å². The Balaban J connectivity index is 3.14. The molecule has 1 aromatic carbocycles. The lowest BCUT2D eigenvalue weighted by Gasteiger charge is -2.37. The molecule has 0 saturated heterocycles. The van der Waals surface area contributed by atoms with Crippen LogP contribution >= 0.6 is 0 Å². The molecule has 0 fully saturated rings. The second kappa shape index (κ2) is 6.14. The van der Waals surface area contributed by atoms with Gasteiger partial charge in [0.2, 0.25) is 8.32 Å². The molecule has 0 aliphatic carbocycles. The number of hydrogen-bond donors (Lipinski definition) is 0. The van der Waals surface area contributed by atoms with Crippen LogP contribution in [0, 0.1) is 0 Å². The molecule has 1 aromatic rings. The molecule has 0 bridgehead atoms. The minimum absolute atomic E-state index is 0.208. The van der Waals surface area contributed by atoms with Crippen LogP contribution in [0.2, 0.25) is 18.1 Å². The second-order valence-corrected chi connectivity index (χ2v) is 11.9. The molecule has 1 rings (SSSR count). The maximum atomic E-state index is 6.48. The van der Waals surface area contributed by atoms with Crippen molar-refractivity contribution in [2.45, 2.75) is 45.4 Å². The molecule has 0 aliphatic rings. The van der Waals surface area contributed by atoms with Gasteiger partial charge in [0.05, 0.1) is 0 Å². The second-order valence-electron chi connectivity index (χ2n) is 7.17. The Morgan fingerprint density at radius 1 is 1.25 bits per heavy atom. The van der Waals surface area contributed by atoms with Gasteiger partial charge in [0, 0.05) is 12.1 Å². The van der Waals surface area contributed by atoms with E-state index in [2.05, 4.69) is 77.6 Å². The Labute approximate surface area is 125 Å². The van der Waals surface area contributed by atoms with Crippen LogP contribution < -0.4 is 4.43 Å². The van der Waals surface area contributed by atoms with E-state index in [0.29, 0.717) is 0 Å². The fraction of sp³-hybridized carbons (Fsp3) is 0.529. The van der Waals surface area contributed by atoms with E-state index in [1.807, 2.05) is 6.08 Å². The first-order chi connectivity index (χ1) is 9.06. The van der Waals surface area contributed by atoms with Crippen molar-refractivity contribution >= 4 is 14.4 Å². The highest BCUT2D eigenvalue weighted by atomic mass is 28.4. The quantitative estimate of drug-likeness (QED) is 0.724. The van der Waals surface area contributed by atoms with E-state index in [4.69, 9.17) is 4.43 Å². The third-order valence-electron chi connectivity index (χ3n) is 3.98. The molecule has 0 amide bonds. The molecule has 0 N–H and O–H groups in total. The van der Waals surface area contributed by atoms with Crippen molar-refractivity contribution in [3.8, 4) is 5.75 Å². The largest absolute Gasteiger partial charge is 0.543 e. The summed E-state index contributed by atoms with van der Waals surface area (Å²) in [4.78, 5) is 2.17. The fourth-order valence-corrected chi connectivity index (χ4v) is 2.77. The van der Waals surface area contributed by atoms with Gasteiger partial charge in [-0.05, 0) is 49.9 Å². The van der Waals surface area contributed by atoms with Crippen molar-refractivity contribution < 1.29 is 4.43 Å². The first-order valence-corrected chi connectivity index (χ1v) is 10.1. The van der Waals surface area contributed by atoms with Crippen molar-refractivity contribution in [1.29, 1.82) is 0 Å². The first-order valence-electron chi connectivity index (χ1n) is 7.16. The van der Waals surface area contributed by atoms with Crippen LogP contribution in [0.4, 0.5) is 0 Å². The molecule has 0 atom stereocenters. The summed E-state index contributed by atoms with van der Waals surface area (Å²) in [5, 5.41) is 0.208. The van der Waals surface area contributed by atoms with Crippen molar-refractivity contribution in [2.75, 3.05) is 14.1 Å². The van der Waals surface area contributed by atoms with Crippen LogP contribution in [-0.2, 0) is 6.54 Å². The predicted octanol–water partition coefficient (Wildman–Crippen LogP) is 4.78. The van der Waals surface area contributed by atoms with E-state index in [1.165, 1.54) is 5.56 Å². The summed E-state index contributed by atoms with van der Waals surface area (Å²) < 4.78 is 6.48. The fourth-order valence-electron chi connectivity index (χ4n) is 1.72. The molecule has 0 aliphatic heterocycles. The normalized spacial score (nSPS) is 12.6. The lowest BCUT2D eigenvalue weighted by molar-refractivity contribution is 0.392. The Hall–Kier alpha value is -1.06. The van der Waals surface area contributed by atoms with Crippen LogP contribution in [0.5, 0.6) is 5.75 Å². The summed E-state index contributed by atoms with van der Waals surface area (Å²) >= 11 is 0. The summed E-state index contributed by atoms with van der Waals surface area (Å²) in [6.07, 6.45) is 1.88. The smallest absolute Gasteiger partial charge is 0.250 e. The van der Waals surface area contributed by atoms with Gasteiger partial charge >= 0.3 is 0 Å². The van der Waals surface area contributed by atoms with Crippen molar-refractivity contribution in [1.82, 2.24) is 4.90 Å². The van der Waals surface area contributed by atoms with E-state index in [0.717, 1.165) is 17.9 Å². The highest BCUT2D eigenvalue weighted by molar-refractivity contribution is 6.74. The number of hydrogen-bond acceptors (Lipinski definition) is 2. The van der Waals surface area contributed by atoms with Gasteiger partial charge in [-0.1, -0.05) is 39.5 Å². The van der Waals surface area contributed by atoms with Crippen molar-refractivity contribution in [3.63, 3.8) is 0 Å². The summed E-state index contributed by atoms with van der Waals surface area (Å²) in [6, 6.07) is 6.35. The number of benzene rings is 1. The zero-order valence-corrected chi connectivity index (χ0v) is 15.1. The SMILES string of the molecule is C=Cc1ccc(O[Si](C)(C)C(C)(C)C)c(CN(C)C)c1. The number of rotatable bonds is 5. The molecular formula is C17H29NOSi. The average molecular weight is 292 g/mol. The van der Waals surface area contributed by atoms with Gasteiger partial charge in [-0.25, -0.2) is 0 Å². The van der Waals surface area contributed by atoms with Gasteiger partial charge in [-0.15, -0.1) is 0 Å². The van der Waals surface area contributed by atoms with Crippen LogP contribution in [0.15, 0.2) is 24.8 Å². The minimum atomic E-state index is -1.80. The summed E-state index contributed by atoms with van der Waals surface area (Å²) in [7, 11) is 2.36. The maximum Gasteiger partial charge on any atom is 0.250 e. The molecule has 3 heteroatoms. The summed E-state index contributed by atoms with van der Waals surface area (Å²) in [6.45, 7) is 16.1. The third-order valence-corrected chi connectivity index (χ3v) is 8.32. The van der Waals surface area contributed by atoms with Crippen LogP contribution in [0.3, 0.4) is 0 Å². The summed E-state index contributed by atoms with van der Waals surface area (Å²) in [5.41, 5.74) is 2.38. The Morgan fingerprint density at radius 3 is 2.30 bits per heavy atom.